The number of nitrogens with zero attached hydrogens (tertiary/aromatic N) is 2. The van der Waals surface area contributed by atoms with Crippen LogP contribution in [-0.4, -0.2) is 83.6 Å². The zero-order valence-electron chi connectivity index (χ0n) is 25.9. The summed E-state index contributed by atoms with van der Waals surface area (Å²) in [5.41, 5.74) is 5.95. The molecule has 238 valence electrons. The minimum atomic E-state index is -1.01. The number of piperidine rings is 1. The van der Waals surface area contributed by atoms with E-state index in [9.17, 15) is 19.2 Å². The van der Waals surface area contributed by atoms with Crippen LogP contribution in [0.4, 0.5) is 0 Å². The summed E-state index contributed by atoms with van der Waals surface area (Å²) >= 11 is 6.16. The fourth-order valence-corrected chi connectivity index (χ4v) is 6.40. The van der Waals surface area contributed by atoms with Crippen molar-refractivity contribution in [3.05, 3.63) is 70.7 Å². The second-order valence-corrected chi connectivity index (χ2v) is 12.8. The number of ether oxygens (including phenoxy) is 2. The van der Waals surface area contributed by atoms with Gasteiger partial charge < -0.3 is 25.4 Å². The maximum Gasteiger partial charge on any atom is 0.306 e. The van der Waals surface area contributed by atoms with E-state index in [0.717, 1.165) is 11.1 Å². The fourth-order valence-electron chi connectivity index (χ4n) is 6.27. The minimum absolute atomic E-state index is 0.0231. The van der Waals surface area contributed by atoms with Crippen molar-refractivity contribution >= 4 is 35.3 Å². The first-order valence-corrected chi connectivity index (χ1v) is 15.4. The largest absolute Gasteiger partial charge is 0.469 e. The van der Waals surface area contributed by atoms with Gasteiger partial charge in [-0.3, -0.25) is 24.1 Å². The van der Waals surface area contributed by atoms with Crippen molar-refractivity contribution in [2.24, 2.45) is 11.7 Å². The van der Waals surface area contributed by atoms with Gasteiger partial charge in [0.1, 0.15) is 11.8 Å². The van der Waals surface area contributed by atoms with Crippen LogP contribution in [0.25, 0.3) is 0 Å². The third kappa shape index (κ3) is 7.97. The van der Waals surface area contributed by atoms with Crippen LogP contribution in [0.1, 0.15) is 51.2 Å². The zero-order valence-corrected chi connectivity index (χ0v) is 26.6. The third-order valence-electron chi connectivity index (χ3n) is 8.46. The van der Waals surface area contributed by atoms with Gasteiger partial charge in [-0.2, -0.15) is 0 Å². The highest BCUT2D eigenvalue weighted by atomic mass is 35.5. The van der Waals surface area contributed by atoms with Gasteiger partial charge in [0.15, 0.2) is 0 Å². The Balaban J connectivity index is 1.63. The van der Waals surface area contributed by atoms with E-state index in [4.69, 9.17) is 26.8 Å². The second-order valence-electron chi connectivity index (χ2n) is 12.4. The Labute approximate surface area is 264 Å². The van der Waals surface area contributed by atoms with E-state index in [-0.39, 0.29) is 37.3 Å². The molecule has 3 N–H and O–H groups in total. The SMILES string of the molecule is COC(=O)C[C@@H](Cc1ccccc1)C(=O)N1CCC[C@](Cc2ccc(Cl)cc2)(NC(=O)[C@@H]2COC(C)(C)N2C(=O)[C@H](C)N)C1. The minimum Gasteiger partial charge on any atom is -0.469 e. The number of likely N-dealkylation sites (tertiary alicyclic amines) is 1. The molecule has 2 heterocycles. The number of hydrogen-bond acceptors (Lipinski definition) is 7. The highest BCUT2D eigenvalue weighted by Gasteiger charge is 2.50. The molecule has 0 spiro atoms. The molecular formula is C33H43ClN4O6. The standard InChI is InChI=1S/C33H43ClN4O6/c1-22(35)30(41)38-27(20-44-32(38,2)3)29(40)36-33(19-24-11-13-26(34)14-12-24)15-8-16-37(21-33)31(42)25(18-28(39)43-4)17-23-9-6-5-7-10-23/h5-7,9-14,22,25,27H,8,15-21,35H2,1-4H3,(H,36,40)/t22-,25+,27-,33+/m0/s1. The molecule has 0 aliphatic carbocycles. The summed E-state index contributed by atoms with van der Waals surface area (Å²) in [6.45, 7) is 5.79. The molecule has 4 rings (SSSR count). The summed E-state index contributed by atoms with van der Waals surface area (Å²) in [4.78, 5) is 56.7. The highest BCUT2D eigenvalue weighted by Crippen LogP contribution is 2.32. The lowest BCUT2D eigenvalue weighted by Gasteiger charge is -2.45. The lowest BCUT2D eigenvalue weighted by molar-refractivity contribution is -0.151. The van der Waals surface area contributed by atoms with Gasteiger partial charge in [0.25, 0.3) is 0 Å². The summed E-state index contributed by atoms with van der Waals surface area (Å²) in [6, 6.07) is 15.3. The maximum atomic E-state index is 14.1. The van der Waals surface area contributed by atoms with Crippen LogP contribution in [0.3, 0.4) is 0 Å². The average Bonchev–Trinajstić information content (AvgIpc) is 3.32. The molecule has 0 bridgehead atoms. The molecule has 0 radical (unpaired) electrons. The van der Waals surface area contributed by atoms with Gasteiger partial charge >= 0.3 is 5.97 Å². The van der Waals surface area contributed by atoms with Crippen LogP contribution < -0.4 is 11.1 Å². The van der Waals surface area contributed by atoms with Crippen molar-refractivity contribution in [1.82, 2.24) is 15.1 Å². The van der Waals surface area contributed by atoms with Crippen LogP contribution in [-0.2, 0) is 41.5 Å². The number of nitrogens with one attached hydrogen (secondary N) is 1. The first-order chi connectivity index (χ1) is 20.8. The van der Waals surface area contributed by atoms with Crippen LogP contribution in [0.5, 0.6) is 0 Å². The molecule has 4 atom stereocenters. The van der Waals surface area contributed by atoms with E-state index >= 15 is 0 Å². The molecule has 11 heteroatoms. The quantitative estimate of drug-likeness (QED) is 0.388. The molecule has 3 amide bonds. The molecule has 2 saturated heterocycles. The van der Waals surface area contributed by atoms with Crippen molar-refractivity contribution in [3.63, 3.8) is 0 Å². The normalized spacial score (nSPS) is 22.6. The molecular weight excluding hydrogens is 584 g/mol. The van der Waals surface area contributed by atoms with Gasteiger partial charge in [-0.15, -0.1) is 0 Å². The number of rotatable bonds is 10. The van der Waals surface area contributed by atoms with Gasteiger partial charge in [0.05, 0.1) is 37.6 Å². The first kappa shape index (κ1) is 33.4. The summed E-state index contributed by atoms with van der Waals surface area (Å²) in [7, 11) is 1.31. The van der Waals surface area contributed by atoms with Crippen LogP contribution in [0.15, 0.2) is 54.6 Å². The fraction of sp³-hybridized carbons (Fsp3) is 0.515. The summed E-state index contributed by atoms with van der Waals surface area (Å²) in [5, 5.41) is 3.84. The number of carbonyl (C=O) groups is 4. The number of amides is 3. The van der Waals surface area contributed by atoms with Crippen molar-refractivity contribution in [2.75, 3.05) is 26.8 Å². The van der Waals surface area contributed by atoms with E-state index in [1.807, 2.05) is 42.5 Å². The lowest BCUT2D eigenvalue weighted by atomic mass is 9.81. The maximum absolute atomic E-state index is 14.1. The Kier molecular flexibility index (Phi) is 10.7. The van der Waals surface area contributed by atoms with Gasteiger partial charge in [-0.25, -0.2) is 0 Å². The van der Waals surface area contributed by atoms with Gasteiger partial charge in [0, 0.05) is 18.1 Å². The summed E-state index contributed by atoms with van der Waals surface area (Å²) < 4.78 is 10.8. The monoisotopic (exact) mass is 626 g/mol. The first-order valence-electron chi connectivity index (χ1n) is 15.0. The molecule has 2 aromatic rings. The predicted molar refractivity (Wildman–Crippen MR) is 166 cm³/mol. The number of carbonyl (C=O) groups excluding carboxylic acids is 4. The predicted octanol–water partition coefficient (Wildman–Crippen LogP) is 3.09. The molecule has 2 fully saturated rings. The summed E-state index contributed by atoms with van der Waals surface area (Å²) in [6.07, 6.45) is 1.98. The number of benzene rings is 2. The molecule has 10 nitrogen and oxygen atoms in total. The number of esters is 1. The summed E-state index contributed by atoms with van der Waals surface area (Å²) in [5.74, 6) is -2.02. The Morgan fingerprint density at radius 2 is 1.75 bits per heavy atom. The van der Waals surface area contributed by atoms with Crippen LogP contribution in [0.2, 0.25) is 5.02 Å². The van der Waals surface area contributed by atoms with E-state index in [2.05, 4.69) is 5.32 Å². The number of hydrogen-bond donors (Lipinski definition) is 2. The molecule has 0 aromatic heterocycles. The number of nitrogens with two attached hydrogens (primary N) is 1. The smallest absolute Gasteiger partial charge is 0.306 e. The van der Waals surface area contributed by atoms with Gasteiger partial charge in [-0.05, 0) is 69.7 Å². The van der Waals surface area contributed by atoms with Crippen LogP contribution in [0, 0.1) is 5.92 Å². The molecule has 2 aliphatic rings. The third-order valence-corrected chi connectivity index (χ3v) is 8.72. The van der Waals surface area contributed by atoms with Crippen LogP contribution >= 0.6 is 11.6 Å². The van der Waals surface area contributed by atoms with Crippen molar-refractivity contribution in [1.29, 1.82) is 0 Å². The van der Waals surface area contributed by atoms with Crippen molar-refractivity contribution in [3.8, 4) is 0 Å². The number of methoxy groups -OCH3 is 1. The Morgan fingerprint density at radius 1 is 1.07 bits per heavy atom. The highest BCUT2D eigenvalue weighted by molar-refractivity contribution is 6.30. The van der Waals surface area contributed by atoms with Crippen molar-refractivity contribution in [2.45, 2.75) is 76.2 Å². The lowest BCUT2D eigenvalue weighted by Crippen LogP contribution is -2.65. The van der Waals surface area contributed by atoms with E-state index in [0.29, 0.717) is 37.3 Å². The molecule has 0 saturated carbocycles. The van der Waals surface area contributed by atoms with E-state index in [1.54, 1.807) is 37.8 Å². The van der Waals surface area contributed by atoms with Gasteiger partial charge in [0.2, 0.25) is 17.7 Å². The van der Waals surface area contributed by atoms with E-state index in [1.165, 1.54) is 12.0 Å². The van der Waals surface area contributed by atoms with E-state index < -0.39 is 35.2 Å². The zero-order chi connectivity index (χ0) is 32.1. The molecule has 2 aliphatic heterocycles. The Morgan fingerprint density at radius 3 is 2.39 bits per heavy atom. The molecule has 0 unspecified atom stereocenters. The topological polar surface area (TPSA) is 131 Å². The Hall–Kier alpha value is -3.47. The molecule has 2 aromatic carbocycles. The number of halogens is 1. The Bertz CT molecular complexity index is 1340. The van der Waals surface area contributed by atoms with Crippen molar-refractivity contribution < 1.29 is 28.7 Å². The molecule has 44 heavy (non-hydrogen) atoms. The van der Waals surface area contributed by atoms with Gasteiger partial charge in [-0.1, -0.05) is 54.1 Å². The second kappa shape index (κ2) is 14.1. The average molecular weight is 627 g/mol.